The van der Waals surface area contributed by atoms with Crippen LogP contribution in [0.3, 0.4) is 0 Å². The van der Waals surface area contributed by atoms with Crippen LogP contribution in [0, 0.1) is 0 Å². The molecule has 4 aromatic carbocycles. The minimum atomic E-state index is -0.287. The van der Waals surface area contributed by atoms with Crippen molar-refractivity contribution in [2.75, 3.05) is 5.32 Å². The second-order valence-electron chi connectivity index (χ2n) is 24.5. The largest absolute Gasteiger partial charge is 0.507 e. The zero-order chi connectivity index (χ0) is 50.4. The zero-order valence-corrected chi connectivity index (χ0v) is 46.5. The van der Waals surface area contributed by atoms with Crippen LogP contribution in [0.15, 0.2) is 60.7 Å². The second kappa shape index (κ2) is 23.0. The summed E-state index contributed by atoms with van der Waals surface area (Å²) in [6.45, 7) is 48.1. The molecule has 0 radical (unpaired) electrons. The summed E-state index contributed by atoms with van der Waals surface area (Å²) in [5.74, 6) is 0.926. The highest BCUT2D eigenvalue weighted by atomic mass is 35.5. The maximum atomic E-state index is 12.8. The van der Waals surface area contributed by atoms with E-state index in [0.717, 1.165) is 46.5 Å². The molecule has 4 aromatic rings. The third-order valence-corrected chi connectivity index (χ3v) is 11.4. The molecule has 0 saturated heterocycles. The van der Waals surface area contributed by atoms with Gasteiger partial charge in [-0.15, -0.1) is 12.4 Å². The number of phenols is 3. The number of halogens is 2. The quantitative estimate of drug-likeness (QED) is 0.105. The first-order valence-corrected chi connectivity index (χ1v) is 23.8. The molecule has 9 heteroatoms. The van der Waals surface area contributed by atoms with Gasteiger partial charge in [0.15, 0.2) is 0 Å². The summed E-state index contributed by atoms with van der Waals surface area (Å²) in [5, 5.41) is 42.3. The molecule has 1 amide bonds. The van der Waals surface area contributed by atoms with E-state index < -0.39 is 0 Å². The van der Waals surface area contributed by atoms with Crippen LogP contribution >= 0.6 is 24.0 Å². The Morgan fingerprint density at radius 1 is 0.485 bits per heavy atom. The van der Waals surface area contributed by atoms with Crippen molar-refractivity contribution < 1.29 is 20.1 Å². The number of carbonyl (C=O) groups is 1. The molecule has 6 N–H and O–H groups in total. The van der Waals surface area contributed by atoms with Crippen molar-refractivity contribution in [2.24, 2.45) is 0 Å². The Kier molecular flexibility index (Phi) is 21.0. The molecular weight excluding hydrogens is 862 g/mol. The molecular formula is C57H89Cl2N3O4. The van der Waals surface area contributed by atoms with Crippen molar-refractivity contribution in [1.82, 2.24) is 10.6 Å². The van der Waals surface area contributed by atoms with Crippen LogP contribution in [0.4, 0.5) is 5.69 Å². The standard InChI is InChI=1S/C21H26ClNO2.2C18H31NO.ClH/c1-20(2,3)14-11-13(12-15(18(14)24)21(4,5)6)19(25)23-17-10-8-7-9-16(17)22;2*1-12(2)19-11-13-9-14(17(3,4)5)16(20)15(10-13)18(6,7)8;/h7-12,24H,1-6H3,(H,23,25);2*9-10,12,19-20H,11H2,1-8H3;1H. The average Bonchev–Trinajstić information content (AvgIpc) is 3.12. The number of aromatic hydroxyl groups is 3. The SMILES string of the molecule is CC(C)(C)c1cc(C(=O)Nc2ccccc2Cl)cc(C(C)(C)C)c1O.CC(C)NCc1cc(C(C)(C)C)c(O)c(C(C)(C)C)c1.CC(C)NCc1cc(C(C)(C)C)c(O)c(C(C)(C)C)c1.Cl. The first-order chi connectivity index (χ1) is 29.3. The summed E-state index contributed by atoms with van der Waals surface area (Å²) in [6.07, 6.45) is 0. The predicted octanol–water partition coefficient (Wildman–Crippen LogP) is 15.3. The van der Waals surface area contributed by atoms with Gasteiger partial charge in [-0.2, -0.15) is 0 Å². The molecule has 370 valence electrons. The van der Waals surface area contributed by atoms with Gasteiger partial charge < -0.3 is 31.3 Å². The number of benzene rings is 4. The van der Waals surface area contributed by atoms with Gasteiger partial charge in [-0.25, -0.2) is 0 Å². The number of phenolic OH excluding ortho intramolecular Hbond substituents is 3. The summed E-state index contributed by atoms with van der Waals surface area (Å²) >= 11 is 6.13. The third-order valence-electron chi connectivity index (χ3n) is 11.1. The Morgan fingerprint density at radius 3 is 0.985 bits per heavy atom. The van der Waals surface area contributed by atoms with Crippen molar-refractivity contribution in [3.05, 3.63) is 116 Å². The lowest BCUT2D eigenvalue weighted by molar-refractivity contribution is 0.102. The minimum Gasteiger partial charge on any atom is -0.507 e. The predicted molar refractivity (Wildman–Crippen MR) is 287 cm³/mol. The maximum absolute atomic E-state index is 12.8. The van der Waals surface area contributed by atoms with Gasteiger partial charge in [-0.3, -0.25) is 4.79 Å². The van der Waals surface area contributed by atoms with Gasteiger partial charge in [0.05, 0.1) is 10.7 Å². The Bertz CT molecular complexity index is 2020. The van der Waals surface area contributed by atoms with Crippen molar-refractivity contribution >= 4 is 35.6 Å². The van der Waals surface area contributed by atoms with Crippen LogP contribution in [0.1, 0.15) is 207 Å². The summed E-state index contributed by atoms with van der Waals surface area (Å²) in [5.41, 5.74) is 8.39. The lowest BCUT2D eigenvalue weighted by Crippen LogP contribution is -2.23. The van der Waals surface area contributed by atoms with Gasteiger partial charge in [0.25, 0.3) is 5.91 Å². The van der Waals surface area contributed by atoms with Gasteiger partial charge in [0.1, 0.15) is 17.2 Å². The van der Waals surface area contributed by atoms with Gasteiger partial charge in [0.2, 0.25) is 0 Å². The number of hydrogen-bond acceptors (Lipinski definition) is 6. The number of amides is 1. The van der Waals surface area contributed by atoms with Crippen molar-refractivity contribution in [3.63, 3.8) is 0 Å². The fraction of sp³-hybridized carbons (Fsp3) is 0.561. The normalized spacial score (nSPS) is 12.5. The van der Waals surface area contributed by atoms with E-state index >= 15 is 0 Å². The summed E-state index contributed by atoms with van der Waals surface area (Å²) in [4.78, 5) is 12.8. The van der Waals surface area contributed by atoms with Gasteiger partial charge in [-0.1, -0.05) is 200 Å². The van der Waals surface area contributed by atoms with E-state index in [4.69, 9.17) is 11.6 Å². The minimum absolute atomic E-state index is 0. The second-order valence-corrected chi connectivity index (χ2v) is 24.9. The zero-order valence-electron chi connectivity index (χ0n) is 44.9. The molecule has 0 aliphatic heterocycles. The van der Waals surface area contributed by atoms with Crippen molar-refractivity contribution in [2.45, 2.75) is 210 Å². The van der Waals surface area contributed by atoms with E-state index in [0.29, 0.717) is 39.9 Å². The van der Waals surface area contributed by atoms with E-state index in [-0.39, 0.29) is 56.6 Å². The lowest BCUT2D eigenvalue weighted by atomic mass is 9.78. The fourth-order valence-corrected chi connectivity index (χ4v) is 7.37. The van der Waals surface area contributed by atoms with Crippen LogP contribution in [0.2, 0.25) is 5.02 Å². The maximum Gasteiger partial charge on any atom is 0.255 e. The van der Waals surface area contributed by atoms with Crippen LogP contribution in [0.5, 0.6) is 17.2 Å². The topological polar surface area (TPSA) is 114 Å². The molecule has 7 nitrogen and oxygen atoms in total. The Balaban J connectivity index is 0.000000496. The Labute approximate surface area is 412 Å². The molecule has 0 saturated carbocycles. The first kappa shape index (κ1) is 60.3. The van der Waals surface area contributed by atoms with Crippen LogP contribution in [-0.4, -0.2) is 33.3 Å². The van der Waals surface area contributed by atoms with Crippen molar-refractivity contribution in [3.8, 4) is 17.2 Å². The molecule has 66 heavy (non-hydrogen) atoms. The van der Waals surface area contributed by atoms with Gasteiger partial charge in [0, 0.05) is 41.9 Å². The van der Waals surface area contributed by atoms with Crippen molar-refractivity contribution in [1.29, 1.82) is 0 Å². The third kappa shape index (κ3) is 17.7. The molecule has 0 heterocycles. The molecule has 4 rings (SSSR count). The molecule has 0 bridgehead atoms. The number of rotatable bonds is 8. The lowest BCUT2D eigenvalue weighted by Gasteiger charge is -2.28. The number of anilines is 1. The monoisotopic (exact) mass is 950 g/mol. The summed E-state index contributed by atoms with van der Waals surface area (Å²) < 4.78 is 0. The molecule has 0 unspecified atom stereocenters. The number of hydrogen-bond donors (Lipinski definition) is 6. The molecule has 0 aliphatic carbocycles. The average molecular weight is 951 g/mol. The number of carbonyl (C=O) groups excluding carboxylic acids is 1. The highest BCUT2D eigenvalue weighted by molar-refractivity contribution is 6.33. The van der Waals surface area contributed by atoms with Gasteiger partial charge >= 0.3 is 0 Å². The number of nitrogens with one attached hydrogen (secondary N) is 3. The first-order valence-electron chi connectivity index (χ1n) is 23.4. The fourth-order valence-electron chi connectivity index (χ4n) is 7.19. The highest BCUT2D eigenvalue weighted by Crippen LogP contribution is 2.42. The smallest absolute Gasteiger partial charge is 0.255 e. The molecule has 0 aromatic heterocycles. The molecule has 0 spiro atoms. The van der Waals surface area contributed by atoms with E-state index in [2.05, 4.69) is 151 Å². The number of para-hydroxylation sites is 1. The van der Waals surface area contributed by atoms with Crippen LogP contribution in [-0.2, 0) is 45.6 Å². The molecule has 0 aliphatic rings. The van der Waals surface area contributed by atoms with E-state index in [1.165, 1.54) is 11.1 Å². The van der Waals surface area contributed by atoms with E-state index in [1.807, 2.05) is 53.7 Å². The Hall–Kier alpha value is -3.75. The Morgan fingerprint density at radius 2 is 0.742 bits per heavy atom. The summed E-state index contributed by atoms with van der Waals surface area (Å²) in [6, 6.07) is 20.1. The molecule has 0 atom stereocenters. The van der Waals surface area contributed by atoms with Gasteiger partial charge in [-0.05, 0) is 90.1 Å². The van der Waals surface area contributed by atoms with Crippen LogP contribution in [0.25, 0.3) is 0 Å². The molecule has 0 fully saturated rings. The van der Waals surface area contributed by atoms with Crippen LogP contribution < -0.4 is 16.0 Å². The van der Waals surface area contributed by atoms with E-state index in [9.17, 15) is 20.1 Å². The summed E-state index contributed by atoms with van der Waals surface area (Å²) in [7, 11) is 0. The van der Waals surface area contributed by atoms with E-state index in [1.54, 1.807) is 24.3 Å². The highest BCUT2D eigenvalue weighted by Gasteiger charge is 2.30.